The molecule has 3 N–H and O–H groups in total. The Morgan fingerprint density at radius 2 is 2.33 bits per heavy atom. The monoisotopic (exact) mass is 248 g/mol. The maximum Gasteiger partial charge on any atom is 0.237 e. The minimum absolute atomic E-state index is 0.000946. The van der Waals surface area contributed by atoms with E-state index in [1.165, 1.54) is 25.7 Å². The number of carbonyl (C=O) groups excluding carboxylic acids is 1. The van der Waals surface area contributed by atoms with Crippen molar-refractivity contribution < 1.29 is 4.79 Å². The van der Waals surface area contributed by atoms with Gasteiger partial charge in [0.1, 0.15) is 0 Å². The number of H-pyrrole nitrogens is 1. The lowest BCUT2D eigenvalue weighted by molar-refractivity contribution is -0.123. The highest BCUT2D eigenvalue weighted by molar-refractivity contribution is 5.82. The van der Waals surface area contributed by atoms with Gasteiger partial charge in [-0.3, -0.25) is 9.89 Å². The highest BCUT2D eigenvalue weighted by atomic mass is 16.2. The van der Waals surface area contributed by atoms with E-state index in [0.29, 0.717) is 18.5 Å². The van der Waals surface area contributed by atoms with E-state index in [-0.39, 0.29) is 11.9 Å². The molecule has 5 nitrogen and oxygen atoms in total. The van der Waals surface area contributed by atoms with E-state index >= 15 is 0 Å². The lowest BCUT2D eigenvalue weighted by atomic mass is 9.85. The van der Waals surface area contributed by atoms with Crippen molar-refractivity contribution in [1.29, 1.82) is 0 Å². The molecule has 1 aliphatic heterocycles. The fraction of sp³-hybridized carbons (Fsp3) is 0.692. The van der Waals surface area contributed by atoms with Gasteiger partial charge in [0.25, 0.3) is 0 Å². The number of nitrogens with one attached hydrogen (secondary N) is 3. The van der Waals surface area contributed by atoms with Crippen LogP contribution in [-0.2, 0) is 11.3 Å². The Hall–Kier alpha value is -1.36. The average Bonchev–Trinajstić information content (AvgIpc) is 3.04. The third-order valence-electron chi connectivity index (χ3n) is 4.19. The summed E-state index contributed by atoms with van der Waals surface area (Å²) in [7, 11) is 0. The number of aromatic nitrogens is 2. The maximum atomic E-state index is 12.1. The van der Waals surface area contributed by atoms with E-state index in [0.717, 1.165) is 12.1 Å². The van der Waals surface area contributed by atoms with Crippen molar-refractivity contribution in [1.82, 2.24) is 20.8 Å². The normalized spacial score (nSPS) is 31.0. The molecule has 1 aromatic rings. The van der Waals surface area contributed by atoms with Crippen molar-refractivity contribution in [2.45, 2.75) is 50.7 Å². The number of fused-ring (bicyclic) bond motifs is 1. The zero-order chi connectivity index (χ0) is 12.4. The van der Waals surface area contributed by atoms with Crippen LogP contribution in [0, 0.1) is 5.92 Å². The average molecular weight is 248 g/mol. The van der Waals surface area contributed by atoms with E-state index in [1.54, 1.807) is 6.20 Å². The highest BCUT2D eigenvalue weighted by Crippen LogP contribution is 2.33. The van der Waals surface area contributed by atoms with Crippen LogP contribution in [-0.4, -0.2) is 28.2 Å². The van der Waals surface area contributed by atoms with Gasteiger partial charge < -0.3 is 10.6 Å². The maximum absolute atomic E-state index is 12.1. The van der Waals surface area contributed by atoms with Crippen LogP contribution in [0.5, 0.6) is 0 Å². The molecule has 2 aliphatic rings. The lowest BCUT2D eigenvalue weighted by Crippen LogP contribution is -2.42. The Morgan fingerprint density at radius 1 is 1.44 bits per heavy atom. The zero-order valence-electron chi connectivity index (χ0n) is 10.5. The molecular weight excluding hydrogens is 228 g/mol. The summed E-state index contributed by atoms with van der Waals surface area (Å²) in [5.41, 5.74) is 0.943. The van der Waals surface area contributed by atoms with Crippen LogP contribution in [0.15, 0.2) is 12.3 Å². The molecule has 0 bridgehead atoms. The van der Waals surface area contributed by atoms with Gasteiger partial charge in [0.2, 0.25) is 5.91 Å². The Kier molecular flexibility index (Phi) is 3.32. The first-order valence-corrected chi connectivity index (χ1v) is 6.85. The Morgan fingerprint density at radius 3 is 3.11 bits per heavy atom. The van der Waals surface area contributed by atoms with Crippen molar-refractivity contribution >= 4 is 5.91 Å². The van der Waals surface area contributed by atoms with Gasteiger partial charge in [-0.05, 0) is 31.2 Å². The van der Waals surface area contributed by atoms with Crippen molar-refractivity contribution in [2.75, 3.05) is 0 Å². The fourth-order valence-electron chi connectivity index (χ4n) is 3.21. The van der Waals surface area contributed by atoms with Crippen LogP contribution >= 0.6 is 0 Å². The highest BCUT2D eigenvalue weighted by Gasteiger charge is 2.37. The summed E-state index contributed by atoms with van der Waals surface area (Å²) in [5, 5.41) is 13.2. The number of carbonyl (C=O) groups is 1. The molecule has 2 heterocycles. The van der Waals surface area contributed by atoms with Gasteiger partial charge in [0.05, 0.1) is 18.3 Å². The van der Waals surface area contributed by atoms with E-state index in [1.807, 2.05) is 6.07 Å². The van der Waals surface area contributed by atoms with E-state index in [2.05, 4.69) is 20.8 Å². The van der Waals surface area contributed by atoms with E-state index < -0.39 is 0 Å². The molecule has 5 heteroatoms. The van der Waals surface area contributed by atoms with Gasteiger partial charge in [0, 0.05) is 12.2 Å². The summed E-state index contributed by atoms with van der Waals surface area (Å²) in [6, 6.07) is 2.45. The van der Waals surface area contributed by atoms with E-state index in [4.69, 9.17) is 0 Å². The largest absolute Gasteiger partial charge is 0.349 e. The number of hydrogen-bond donors (Lipinski definition) is 3. The van der Waals surface area contributed by atoms with Crippen molar-refractivity contribution in [3.8, 4) is 0 Å². The van der Waals surface area contributed by atoms with Gasteiger partial charge in [-0.15, -0.1) is 0 Å². The number of rotatable bonds is 3. The quantitative estimate of drug-likeness (QED) is 0.746. The fourth-order valence-corrected chi connectivity index (χ4v) is 3.21. The summed E-state index contributed by atoms with van der Waals surface area (Å²) in [5.74, 6) is 0.834. The molecule has 18 heavy (non-hydrogen) atoms. The molecule has 1 amide bonds. The van der Waals surface area contributed by atoms with Crippen LogP contribution in [0.3, 0.4) is 0 Å². The van der Waals surface area contributed by atoms with Crippen LogP contribution in [0.4, 0.5) is 0 Å². The van der Waals surface area contributed by atoms with Crippen LogP contribution in [0.25, 0.3) is 0 Å². The summed E-state index contributed by atoms with van der Waals surface area (Å²) < 4.78 is 0. The number of amides is 1. The molecule has 1 aromatic heterocycles. The molecule has 0 spiro atoms. The molecule has 3 atom stereocenters. The summed E-state index contributed by atoms with van der Waals surface area (Å²) >= 11 is 0. The Bertz CT molecular complexity index is 389. The summed E-state index contributed by atoms with van der Waals surface area (Å²) in [4.78, 5) is 12.1. The molecule has 1 saturated carbocycles. The lowest BCUT2D eigenvalue weighted by Gasteiger charge is -2.24. The molecule has 1 saturated heterocycles. The number of hydrogen-bond acceptors (Lipinski definition) is 3. The van der Waals surface area contributed by atoms with Crippen LogP contribution in [0.2, 0.25) is 0 Å². The molecular formula is C13H20N4O. The zero-order valence-corrected chi connectivity index (χ0v) is 10.5. The molecule has 0 radical (unpaired) electrons. The Balaban J connectivity index is 1.51. The van der Waals surface area contributed by atoms with Crippen LogP contribution < -0.4 is 10.6 Å². The standard InChI is InChI=1S/C13H20N4O/c18-13(14-8-10-5-6-15-17-10)12-7-9-3-1-2-4-11(9)16-12/h5-6,9,11-12,16H,1-4,7-8H2,(H,14,18)(H,15,17). The van der Waals surface area contributed by atoms with Crippen LogP contribution in [0.1, 0.15) is 37.8 Å². The second-order valence-corrected chi connectivity index (χ2v) is 5.41. The summed E-state index contributed by atoms with van der Waals surface area (Å²) in [6.45, 7) is 0.534. The van der Waals surface area contributed by atoms with Crippen molar-refractivity contribution in [2.24, 2.45) is 5.92 Å². The minimum atomic E-state index is 0.000946. The summed E-state index contributed by atoms with van der Waals surface area (Å²) in [6.07, 6.45) is 7.84. The molecule has 3 unspecified atom stereocenters. The van der Waals surface area contributed by atoms with Gasteiger partial charge in [0.15, 0.2) is 0 Å². The predicted octanol–water partition coefficient (Wildman–Crippen LogP) is 0.947. The van der Waals surface area contributed by atoms with Crippen molar-refractivity contribution in [3.63, 3.8) is 0 Å². The second-order valence-electron chi connectivity index (χ2n) is 5.41. The number of aromatic amines is 1. The van der Waals surface area contributed by atoms with Crippen molar-refractivity contribution in [3.05, 3.63) is 18.0 Å². The van der Waals surface area contributed by atoms with Gasteiger partial charge in [-0.25, -0.2) is 0 Å². The predicted molar refractivity (Wildman–Crippen MR) is 67.7 cm³/mol. The number of nitrogens with zero attached hydrogens (tertiary/aromatic N) is 1. The smallest absolute Gasteiger partial charge is 0.237 e. The first-order valence-electron chi connectivity index (χ1n) is 6.85. The minimum Gasteiger partial charge on any atom is -0.349 e. The van der Waals surface area contributed by atoms with Gasteiger partial charge in [-0.1, -0.05) is 12.8 Å². The molecule has 2 fully saturated rings. The third kappa shape index (κ3) is 2.41. The third-order valence-corrected chi connectivity index (χ3v) is 4.19. The molecule has 1 aliphatic carbocycles. The molecule has 98 valence electrons. The first kappa shape index (κ1) is 11.7. The first-order chi connectivity index (χ1) is 8.83. The topological polar surface area (TPSA) is 69.8 Å². The van der Waals surface area contributed by atoms with E-state index in [9.17, 15) is 4.79 Å². The van der Waals surface area contributed by atoms with Gasteiger partial charge in [-0.2, -0.15) is 5.10 Å². The second kappa shape index (κ2) is 5.10. The molecule has 3 rings (SSSR count). The SMILES string of the molecule is O=C(NCc1ccn[nH]1)C1CC2CCCCC2N1. The Labute approximate surface area is 107 Å². The molecule has 0 aromatic carbocycles. The van der Waals surface area contributed by atoms with Gasteiger partial charge >= 0.3 is 0 Å².